The third-order valence-corrected chi connectivity index (χ3v) is 4.93. The topological polar surface area (TPSA) is 52.7 Å². The normalized spacial score (nSPS) is 11.2. The Hall–Kier alpha value is -2.92. The van der Waals surface area contributed by atoms with Crippen LogP contribution in [0.3, 0.4) is 0 Å². The number of halogens is 1. The van der Waals surface area contributed by atoms with Crippen molar-refractivity contribution in [2.45, 2.75) is 20.8 Å². The first-order valence-electron chi connectivity index (χ1n) is 8.27. The summed E-state index contributed by atoms with van der Waals surface area (Å²) in [7, 11) is 0. The molecule has 0 fully saturated rings. The number of nitrogens with zero attached hydrogens (tertiary/aromatic N) is 4. The Morgan fingerprint density at radius 1 is 0.962 bits per heavy atom. The van der Waals surface area contributed by atoms with Gasteiger partial charge in [0.1, 0.15) is 5.52 Å². The molecular weight excluding hydrogens is 348 g/mol. The van der Waals surface area contributed by atoms with Crippen molar-refractivity contribution in [3.05, 3.63) is 80.9 Å². The molecular formula is C20H17ClN4O. The van der Waals surface area contributed by atoms with E-state index in [1.807, 2.05) is 51.1 Å². The van der Waals surface area contributed by atoms with Gasteiger partial charge in [0.25, 0.3) is 5.56 Å². The molecule has 0 unspecified atom stereocenters. The zero-order valence-electron chi connectivity index (χ0n) is 14.7. The lowest BCUT2D eigenvalue weighted by molar-refractivity contribution is 0.785. The van der Waals surface area contributed by atoms with Crippen LogP contribution in [0.5, 0.6) is 0 Å². The summed E-state index contributed by atoms with van der Waals surface area (Å²) < 4.78 is 3.11. The number of benzene rings is 2. The lowest BCUT2D eigenvalue weighted by atomic mass is 10.1. The average Bonchev–Trinajstić information content (AvgIpc) is 3.07. The number of rotatable bonds is 2. The maximum Gasteiger partial charge on any atom is 0.298 e. The smallest absolute Gasteiger partial charge is 0.265 e. The van der Waals surface area contributed by atoms with Crippen molar-refractivity contribution in [3.8, 4) is 11.4 Å². The molecule has 0 amide bonds. The highest BCUT2D eigenvalue weighted by Gasteiger charge is 2.17. The molecule has 130 valence electrons. The summed E-state index contributed by atoms with van der Waals surface area (Å²) in [5.41, 5.74) is 4.75. The van der Waals surface area contributed by atoms with Crippen molar-refractivity contribution >= 4 is 22.5 Å². The molecule has 2 aromatic heterocycles. The van der Waals surface area contributed by atoms with Crippen LogP contribution < -0.4 is 5.56 Å². The molecule has 0 aliphatic heterocycles. The number of aryl methyl sites for hydroxylation is 2. The monoisotopic (exact) mass is 364 g/mol. The number of hydrogen-bond acceptors (Lipinski definition) is 3. The third-order valence-electron chi connectivity index (χ3n) is 4.68. The van der Waals surface area contributed by atoms with Gasteiger partial charge in [0.05, 0.1) is 23.3 Å². The summed E-state index contributed by atoms with van der Waals surface area (Å²) in [6, 6.07) is 13.1. The van der Waals surface area contributed by atoms with Crippen LogP contribution in [0, 0.1) is 20.8 Å². The molecule has 0 aliphatic rings. The van der Waals surface area contributed by atoms with E-state index >= 15 is 0 Å². The fourth-order valence-electron chi connectivity index (χ4n) is 3.07. The Kier molecular flexibility index (Phi) is 3.89. The van der Waals surface area contributed by atoms with Crippen molar-refractivity contribution in [2.24, 2.45) is 0 Å². The fraction of sp³-hybridized carbons (Fsp3) is 0.150. The van der Waals surface area contributed by atoms with Gasteiger partial charge in [-0.15, -0.1) is 0 Å². The number of fused-ring (bicyclic) bond motifs is 1. The lowest BCUT2D eigenvalue weighted by Crippen LogP contribution is -2.24. The van der Waals surface area contributed by atoms with Crippen molar-refractivity contribution in [2.75, 3.05) is 0 Å². The minimum atomic E-state index is -0.202. The van der Waals surface area contributed by atoms with Crippen molar-refractivity contribution in [1.29, 1.82) is 0 Å². The maximum atomic E-state index is 13.3. The van der Waals surface area contributed by atoms with Gasteiger partial charge in [-0.1, -0.05) is 23.7 Å². The first-order valence-corrected chi connectivity index (χ1v) is 8.65. The van der Waals surface area contributed by atoms with Crippen LogP contribution in [0.2, 0.25) is 5.02 Å². The van der Waals surface area contributed by atoms with Crippen LogP contribution in [-0.2, 0) is 0 Å². The Balaban J connectivity index is 2.05. The Bertz CT molecular complexity index is 1190. The summed E-state index contributed by atoms with van der Waals surface area (Å²) in [4.78, 5) is 13.3. The van der Waals surface area contributed by atoms with Gasteiger partial charge in [0, 0.05) is 10.4 Å². The van der Waals surface area contributed by atoms with E-state index in [9.17, 15) is 4.79 Å². The molecule has 4 aromatic rings. The fourth-order valence-corrected chi connectivity index (χ4v) is 3.20. The van der Waals surface area contributed by atoms with E-state index in [-0.39, 0.29) is 5.56 Å². The molecule has 0 saturated carbocycles. The van der Waals surface area contributed by atoms with Gasteiger partial charge in [-0.25, -0.2) is 4.68 Å². The molecule has 26 heavy (non-hydrogen) atoms. The number of aromatic nitrogens is 4. The second kappa shape index (κ2) is 6.11. The molecule has 0 spiro atoms. The van der Waals surface area contributed by atoms with Gasteiger partial charge in [-0.3, -0.25) is 4.79 Å². The quantitative estimate of drug-likeness (QED) is 0.537. The molecule has 0 radical (unpaired) electrons. The van der Waals surface area contributed by atoms with E-state index in [4.69, 9.17) is 11.6 Å². The Labute approximate surface area is 155 Å². The highest BCUT2D eigenvalue weighted by atomic mass is 35.5. The van der Waals surface area contributed by atoms with E-state index in [0.29, 0.717) is 10.5 Å². The van der Waals surface area contributed by atoms with E-state index < -0.39 is 0 Å². The second-order valence-corrected chi connectivity index (χ2v) is 6.75. The van der Waals surface area contributed by atoms with E-state index in [1.54, 1.807) is 23.0 Å². The van der Waals surface area contributed by atoms with Gasteiger partial charge in [0.15, 0.2) is 0 Å². The first kappa shape index (κ1) is 16.5. The van der Waals surface area contributed by atoms with Gasteiger partial charge >= 0.3 is 0 Å². The molecule has 6 heteroatoms. The van der Waals surface area contributed by atoms with E-state index in [0.717, 1.165) is 33.6 Å². The predicted octanol–water partition coefficient (Wildman–Crippen LogP) is 4.15. The summed E-state index contributed by atoms with van der Waals surface area (Å²) in [5, 5.41) is 10.3. The van der Waals surface area contributed by atoms with Crippen LogP contribution in [0.25, 0.3) is 22.3 Å². The van der Waals surface area contributed by atoms with Crippen LogP contribution in [0.15, 0.2) is 53.5 Å². The molecule has 2 heterocycles. The van der Waals surface area contributed by atoms with Crippen LogP contribution in [-0.4, -0.2) is 19.6 Å². The minimum Gasteiger partial charge on any atom is -0.265 e. The summed E-state index contributed by atoms with van der Waals surface area (Å²) in [6.45, 7) is 5.90. The predicted molar refractivity (Wildman–Crippen MR) is 104 cm³/mol. The van der Waals surface area contributed by atoms with Gasteiger partial charge in [0.2, 0.25) is 0 Å². The maximum absolute atomic E-state index is 13.3. The minimum absolute atomic E-state index is 0.202. The zero-order chi connectivity index (χ0) is 18.4. The summed E-state index contributed by atoms with van der Waals surface area (Å²) in [6.07, 6.45) is 1.68. The van der Waals surface area contributed by atoms with Crippen LogP contribution in [0.1, 0.15) is 16.8 Å². The molecule has 0 saturated heterocycles. The van der Waals surface area contributed by atoms with Crippen molar-refractivity contribution in [1.82, 2.24) is 19.6 Å². The van der Waals surface area contributed by atoms with E-state index in [1.165, 1.54) is 4.68 Å². The summed E-state index contributed by atoms with van der Waals surface area (Å²) in [5.74, 6) is 0. The van der Waals surface area contributed by atoms with Crippen molar-refractivity contribution in [3.63, 3.8) is 0 Å². The standard InChI is InChI=1S/C20H17ClN4O/c1-12-5-4-6-18(13(12)2)25-20(26)19-17(14(3)23-25)11-22-24(19)16-9-7-15(21)8-10-16/h4-11H,1-3H3. The van der Waals surface area contributed by atoms with Crippen LogP contribution in [0.4, 0.5) is 0 Å². The van der Waals surface area contributed by atoms with Gasteiger partial charge < -0.3 is 0 Å². The third kappa shape index (κ3) is 2.52. The van der Waals surface area contributed by atoms with Gasteiger partial charge in [-0.2, -0.15) is 14.9 Å². The molecule has 2 aromatic carbocycles. The summed E-state index contributed by atoms with van der Waals surface area (Å²) >= 11 is 5.98. The Morgan fingerprint density at radius 3 is 2.42 bits per heavy atom. The van der Waals surface area contributed by atoms with Crippen molar-refractivity contribution < 1.29 is 0 Å². The molecule has 0 aliphatic carbocycles. The number of hydrogen-bond donors (Lipinski definition) is 0. The van der Waals surface area contributed by atoms with Gasteiger partial charge in [-0.05, 0) is 62.2 Å². The average molecular weight is 365 g/mol. The second-order valence-electron chi connectivity index (χ2n) is 6.32. The largest absolute Gasteiger partial charge is 0.298 e. The lowest BCUT2D eigenvalue weighted by Gasteiger charge is -2.12. The molecule has 0 bridgehead atoms. The first-order chi connectivity index (χ1) is 12.5. The zero-order valence-corrected chi connectivity index (χ0v) is 15.4. The molecule has 5 nitrogen and oxygen atoms in total. The van der Waals surface area contributed by atoms with Crippen LogP contribution >= 0.6 is 11.6 Å². The Morgan fingerprint density at radius 2 is 1.69 bits per heavy atom. The molecule has 0 N–H and O–H groups in total. The highest BCUT2D eigenvalue weighted by molar-refractivity contribution is 6.30. The van der Waals surface area contributed by atoms with E-state index in [2.05, 4.69) is 10.2 Å². The highest BCUT2D eigenvalue weighted by Crippen LogP contribution is 2.21. The molecule has 0 atom stereocenters. The SMILES string of the molecule is Cc1cccc(-n2nc(C)c3cnn(-c4ccc(Cl)cc4)c3c2=O)c1C. The molecule has 4 rings (SSSR count).